The van der Waals surface area contributed by atoms with Crippen molar-refractivity contribution < 1.29 is 0 Å². The largest absolute Gasteiger partial charge is 0.358 e. The summed E-state index contributed by atoms with van der Waals surface area (Å²) in [4.78, 5) is 15.8. The lowest BCUT2D eigenvalue weighted by Crippen LogP contribution is -2.09. The summed E-state index contributed by atoms with van der Waals surface area (Å²) in [5.74, 6) is 0. The highest BCUT2D eigenvalue weighted by Crippen LogP contribution is 2.18. The Kier molecular flexibility index (Phi) is 3.63. The molecule has 0 aliphatic heterocycles. The van der Waals surface area contributed by atoms with Gasteiger partial charge in [0.2, 0.25) is 0 Å². The Morgan fingerprint density at radius 2 is 1.71 bits per heavy atom. The molecule has 0 aliphatic carbocycles. The number of para-hydroxylation sites is 1. The summed E-state index contributed by atoms with van der Waals surface area (Å²) in [6, 6.07) is 15.1. The zero-order valence-electron chi connectivity index (χ0n) is 11.6. The van der Waals surface area contributed by atoms with E-state index in [2.05, 4.69) is 4.98 Å². The number of H-pyrrole nitrogens is 1. The zero-order chi connectivity index (χ0) is 14.8. The summed E-state index contributed by atoms with van der Waals surface area (Å²) in [6.45, 7) is 1.90. The van der Waals surface area contributed by atoms with Crippen LogP contribution < -0.4 is 5.43 Å². The van der Waals surface area contributed by atoms with Crippen molar-refractivity contribution in [2.45, 2.75) is 6.92 Å². The molecule has 0 bridgehead atoms. The molecule has 1 aromatic heterocycles. The number of nitrogens with one attached hydrogen (secondary N) is 1. The molecule has 3 rings (SSSR count). The molecule has 0 amide bonds. The fraction of sp³-hybridized carbons (Fsp3) is 0.0556. The third-order valence-corrected chi connectivity index (χ3v) is 3.82. The fourth-order valence-corrected chi connectivity index (χ4v) is 2.56. The summed E-state index contributed by atoms with van der Waals surface area (Å²) in [5.41, 5.74) is 3.29. The molecular weight excluding hydrogens is 282 g/mol. The van der Waals surface area contributed by atoms with Gasteiger partial charge in [-0.1, -0.05) is 48.0 Å². The first-order valence-electron chi connectivity index (χ1n) is 6.71. The van der Waals surface area contributed by atoms with Crippen LogP contribution in [-0.2, 0) is 0 Å². The molecule has 3 heteroatoms. The van der Waals surface area contributed by atoms with Gasteiger partial charge in [0.25, 0.3) is 0 Å². The van der Waals surface area contributed by atoms with E-state index < -0.39 is 0 Å². The van der Waals surface area contributed by atoms with Gasteiger partial charge < -0.3 is 4.98 Å². The Hall–Kier alpha value is -2.32. The monoisotopic (exact) mass is 295 g/mol. The molecule has 2 aromatic carbocycles. The maximum atomic E-state index is 12.6. The predicted molar refractivity (Wildman–Crippen MR) is 89.7 cm³/mol. The molecule has 0 spiro atoms. The van der Waals surface area contributed by atoms with Crippen LogP contribution in [0.25, 0.3) is 23.1 Å². The van der Waals surface area contributed by atoms with Gasteiger partial charge in [-0.2, -0.15) is 0 Å². The van der Waals surface area contributed by atoms with E-state index in [4.69, 9.17) is 11.6 Å². The lowest BCUT2D eigenvalue weighted by molar-refractivity contribution is 1.23. The van der Waals surface area contributed by atoms with Crippen LogP contribution in [0.15, 0.2) is 53.3 Å². The molecular formula is C18H14ClNO. The van der Waals surface area contributed by atoms with Crippen molar-refractivity contribution in [3.05, 3.63) is 80.6 Å². The van der Waals surface area contributed by atoms with Crippen molar-refractivity contribution in [1.82, 2.24) is 4.98 Å². The molecule has 0 radical (unpaired) electrons. The van der Waals surface area contributed by atoms with Gasteiger partial charge in [-0.15, -0.1) is 0 Å². The minimum absolute atomic E-state index is 0.0325. The van der Waals surface area contributed by atoms with E-state index in [1.807, 2.05) is 67.6 Å². The van der Waals surface area contributed by atoms with E-state index in [1.54, 1.807) is 0 Å². The highest BCUT2D eigenvalue weighted by molar-refractivity contribution is 6.32. The first kappa shape index (κ1) is 13.7. The Bertz CT molecular complexity index is 893. The number of aryl methyl sites for hydroxylation is 1. The lowest BCUT2D eigenvalue weighted by Gasteiger charge is -2.04. The summed E-state index contributed by atoms with van der Waals surface area (Å²) in [6.07, 6.45) is 3.69. The second-order valence-corrected chi connectivity index (χ2v) is 5.30. The smallest absolute Gasteiger partial charge is 0.196 e. The third-order valence-electron chi connectivity index (χ3n) is 3.48. The molecule has 0 unspecified atom stereocenters. The average molecular weight is 296 g/mol. The molecule has 3 aromatic rings. The van der Waals surface area contributed by atoms with Crippen molar-refractivity contribution in [1.29, 1.82) is 0 Å². The number of hydrogen-bond acceptors (Lipinski definition) is 1. The standard InChI is InChI=1S/C18H14ClNO/c1-12-14(11-10-13-6-2-4-8-16(13)19)18(21)15-7-3-5-9-17(15)20-12/h2-11H,1H3,(H,20,21). The molecule has 0 aliphatic rings. The number of rotatable bonds is 2. The van der Waals surface area contributed by atoms with Crippen molar-refractivity contribution in [2.75, 3.05) is 0 Å². The minimum Gasteiger partial charge on any atom is -0.358 e. The first-order chi connectivity index (χ1) is 10.2. The van der Waals surface area contributed by atoms with Gasteiger partial charge in [0.15, 0.2) is 5.43 Å². The lowest BCUT2D eigenvalue weighted by atomic mass is 10.1. The van der Waals surface area contributed by atoms with Crippen molar-refractivity contribution >= 4 is 34.7 Å². The molecule has 0 fully saturated rings. The van der Waals surface area contributed by atoms with Crippen LogP contribution in [0.1, 0.15) is 16.8 Å². The molecule has 0 saturated carbocycles. The van der Waals surface area contributed by atoms with E-state index in [9.17, 15) is 4.79 Å². The van der Waals surface area contributed by atoms with Gasteiger partial charge in [0, 0.05) is 27.2 Å². The first-order valence-corrected chi connectivity index (χ1v) is 7.09. The summed E-state index contributed by atoms with van der Waals surface area (Å²) in [5, 5.41) is 1.37. The Morgan fingerprint density at radius 1 is 1.00 bits per heavy atom. The summed E-state index contributed by atoms with van der Waals surface area (Å²) >= 11 is 6.13. The second kappa shape index (κ2) is 5.58. The fourth-order valence-electron chi connectivity index (χ4n) is 2.36. The third kappa shape index (κ3) is 2.63. The van der Waals surface area contributed by atoms with E-state index in [-0.39, 0.29) is 5.43 Å². The Labute approximate surface area is 127 Å². The van der Waals surface area contributed by atoms with Crippen LogP contribution >= 0.6 is 11.6 Å². The van der Waals surface area contributed by atoms with Gasteiger partial charge in [0.05, 0.1) is 0 Å². The van der Waals surface area contributed by atoms with Crippen molar-refractivity contribution in [2.24, 2.45) is 0 Å². The average Bonchev–Trinajstić information content (AvgIpc) is 2.49. The van der Waals surface area contributed by atoms with Gasteiger partial charge in [-0.25, -0.2) is 0 Å². The van der Waals surface area contributed by atoms with Crippen LogP contribution in [0.4, 0.5) is 0 Å². The van der Waals surface area contributed by atoms with Crippen molar-refractivity contribution in [3.63, 3.8) is 0 Å². The zero-order valence-corrected chi connectivity index (χ0v) is 12.3. The van der Waals surface area contributed by atoms with E-state index >= 15 is 0 Å². The van der Waals surface area contributed by atoms with Gasteiger partial charge in [0.1, 0.15) is 0 Å². The number of halogens is 1. The number of pyridine rings is 1. The maximum Gasteiger partial charge on any atom is 0.196 e. The van der Waals surface area contributed by atoms with Crippen LogP contribution in [-0.4, -0.2) is 4.98 Å². The second-order valence-electron chi connectivity index (χ2n) is 4.89. The predicted octanol–water partition coefficient (Wildman–Crippen LogP) is 4.66. The molecule has 0 saturated heterocycles. The normalized spacial score (nSPS) is 11.3. The summed E-state index contributed by atoms with van der Waals surface area (Å²) < 4.78 is 0. The quantitative estimate of drug-likeness (QED) is 0.733. The van der Waals surface area contributed by atoms with E-state index in [0.29, 0.717) is 16.0 Å². The van der Waals surface area contributed by atoms with Gasteiger partial charge >= 0.3 is 0 Å². The minimum atomic E-state index is 0.0325. The van der Waals surface area contributed by atoms with E-state index in [0.717, 1.165) is 16.8 Å². The van der Waals surface area contributed by atoms with Crippen LogP contribution in [0.3, 0.4) is 0 Å². The Morgan fingerprint density at radius 3 is 2.52 bits per heavy atom. The van der Waals surface area contributed by atoms with Gasteiger partial charge in [-0.05, 0) is 36.8 Å². The van der Waals surface area contributed by atoms with Crippen LogP contribution in [0, 0.1) is 6.92 Å². The van der Waals surface area contributed by atoms with Crippen LogP contribution in [0.2, 0.25) is 5.02 Å². The SMILES string of the molecule is Cc1[nH]c2ccccc2c(=O)c1C=Cc1ccccc1Cl. The Balaban J connectivity index is 2.13. The van der Waals surface area contributed by atoms with Crippen molar-refractivity contribution in [3.8, 4) is 0 Å². The van der Waals surface area contributed by atoms with Gasteiger partial charge in [-0.3, -0.25) is 4.79 Å². The summed E-state index contributed by atoms with van der Waals surface area (Å²) in [7, 11) is 0. The topological polar surface area (TPSA) is 32.9 Å². The van der Waals surface area contributed by atoms with Crippen LogP contribution in [0.5, 0.6) is 0 Å². The molecule has 104 valence electrons. The van der Waals surface area contributed by atoms with E-state index in [1.165, 1.54) is 0 Å². The number of hydrogen-bond donors (Lipinski definition) is 1. The maximum absolute atomic E-state index is 12.6. The highest BCUT2D eigenvalue weighted by atomic mass is 35.5. The molecule has 1 N–H and O–H groups in total. The molecule has 0 atom stereocenters. The molecule has 1 heterocycles. The number of aromatic amines is 1. The molecule has 2 nitrogen and oxygen atoms in total. The number of fused-ring (bicyclic) bond motifs is 1. The highest BCUT2D eigenvalue weighted by Gasteiger charge is 2.06. The molecule has 21 heavy (non-hydrogen) atoms. The number of aromatic nitrogens is 1. The number of benzene rings is 2.